The van der Waals surface area contributed by atoms with E-state index in [0.29, 0.717) is 24.5 Å². The van der Waals surface area contributed by atoms with Crippen molar-refractivity contribution in [1.29, 1.82) is 0 Å². The Morgan fingerprint density at radius 1 is 1.59 bits per heavy atom. The lowest BCUT2D eigenvalue weighted by atomic mass is 10.3. The summed E-state index contributed by atoms with van der Waals surface area (Å²) in [5.41, 5.74) is 6.31. The van der Waals surface area contributed by atoms with Gasteiger partial charge in [-0.2, -0.15) is 4.31 Å². The number of hydrogen-bond acceptors (Lipinski definition) is 4. The molecule has 4 nitrogen and oxygen atoms in total. The topological polar surface area (TPSA) is 63.4 Å². The number of nitrogens with two attached hydrogens (primary N) is 1. The van der Waals surface area contributed by atoms with E-state index in [2.05, 4.69) is 6.58 Å². The minimum Gasteiger partial charge on any atom is -0.326 e. The molecule has 0 amide bonds. The molecule has 0 unspecified atom stereocenters. The molecule has 17 heavy (non-hydrogen) atoms. The molecule has 0 atom stereocenters. The maximum atomic E-state index is 12.3. The minimum atomic E-state index is -3.41. The molecule has 0 aliphatic rings. The van der Waals surface area contributed by atoms with Gasteiger partial charge in [0.1, 0.15) is 0 Å². The summed E-state index contributed by atoms with van der Waals surface area (Å²) >= 11 is 1.37. The summed E-state index contributed by atoms with van der Waals surface area (Å²) in [6.45, 7) is 8.54. The maximum absolute atomic E-state index is 12.3. The Hall–Kier alpha value is -0.690. The molecule has 1 heterocycles. The Morgan fingerprint density at radius 3 is 2.65 bits per heavy atom. The van der Waals surface area contributed by atoms with Crippen molar-refractivity contribution in [3.63, 3.8) is 0 Å². The minimum absolute atomic E-state index is 0.325. The lowest BCUT2D eigenvalue weighted by Crippen LogP contribution is -2.32. The van der Waals surface area contributed by atoms with Crippen LogP contribution in [-0.2, 0) is 16.6 Å². The summed E-state index contributed by atoms with van der Waals surface area (Å²) in [6.07, 6.45) is 0. The number of sulfonamides is 1. The van der Waals surface area contributed by atoms with E-state index >= 15 is 0 Å². The second-order valence-electron chi connectivity index (χ2n) is 3.84. The van der Waals surface area contributed by atoms with Gasteiger partial charge in [0.05, 0.1) is 4.90 Å². The summed E-state index contributed by atoms with van der Waals surface area (Å²) in [4.78, 5) is 1.20. The third-order valence-electron chi connectivity index (χ3n) is 2.27. The molecule has 0 aliphatic heterocycles. The van der Waals surface area contributed by atoms with Crippen LogP contribution in [0.3, 0.4) is 0 Å². The summed E-state index contributed by atoms with van der Waals surface area (Å²) in [5.74, 6) is 0. The van der Waals surface area contributed by atoms with Crippen molar-refractivity contribution in [1.82, 2.24) is 4.31 Å². The van der Waals surface area contributed by atoms with Gasteiger partial charge in [0.25, 0.3) is 0 Å². The van der Waals surface area contributed by atoms with Crippen LogP contribution in [0.5, 0.6) is 0 Å². The zero-order valence-corrected chi connectivity index (χ0v) is 11.8. The largest absolute Gasteiger partial charge is 0.326 e. The van der Waals surface area contributed by atoms with Gasteiger partial charge in [-0.1, -0.05) is 19.1 Å². The lowest BCUT2D eigenvalue weighted by Gasteiger charge is -2.19. The molecular formula is C11H18N2O2S2. The summed E-state index contributed by atoms with van der Waals surface area (Å²) < 4.78 is 26.0. The first-order valence-corrected chi connectivity index (χ1v) is 7.65. The smallest absolute Gasteiger partial charge is 0.244 e. The van der Waals surface area contributed by atoms with E-state index in [0.717, 1.165) is 10.5 Å². The van der Waals surface area contributed by atoms with Crippen LogP contribution >= 0.6 is 11.3 Å². The second-order valence-corrected chi connectivity index (χ2v) is 6.77. The van der Waals surface area contributed by atoms with Crippen molar-refractivity contribution < 1.29 is 8.42 Å². The third-order valence-corrected chi connectivity index (χ3v) is 5.27. The predicted octanol–water partition coefficient (Wildman–Crippen LogP) is 1.79. The van der Waals surface area contributed by atoms with Gasteiger partial charge in [0, 0.05) is 29.9 Å². The van der Waals surface area contributed by atoms with Crippen LogP contribution in [0.25, 0.3) is 0 Å². The molecule has 0 saturated carbocycles. The normalized spacial score (nSPS) is 12.0. The SMILES string of the molecule is C=C(C)CN(CC)S(=O)(=O)c1csc(CN)c1. The standard InChI is InChI=1S/C11H18N2O2S2/c1-4-13(7-9(2)3)17(14,15)11-5-10(6-12)16-8-11/h5,8H,2,4,6-7,12H2,1,3H3. The van der Waals surface area contributed by atoms with Crippen molar-refractivity contribution in [3.05, 3.63) is 28.5 Å². The molecule has 0 radical (unpaired) electrons. The van der Waals surface area contributed by atoms with Gasteiger partial charge in [0.15, 0.2) is 0 Å². The first-order chi connectivity index (χ1) is 7.91. The van der Waals surface area contributed by atoms with Gasteiger partial charge in [0.2, 0.25) is 10.0 Å². The summed E-state index contributed by atoms with van der Waals surface area (Å²) in [6, 6.07) is 1.64. The molecule has 0 spiro atoms. The average molecular weight is 274 g/mol. The van der Waals surface area contributed by atoms with E-state index in [-0.39, 0.29) is 0 Å². The molecule has 0 fully saturated rings. The molecule has 96 valence electrons. The van der Waals surface area contributed by atoms with Gasteiger partial charge < -0.3 is 5.73 Å². The van der Waals surface area contributed by atoms with Crippen molar-refractivity contribution in [3.8, 4) is 0 Å². The number of likely N-dealkylation sites (N-methyl/N-ethyl adjacent to an activating group) is 1. The molecule has 0 aliphatic carbocycles. The summed E-state index contributed by atoms with van der Waals surface area (Å²) in [7, 11) is -3.41. The lowest BCUT2D eigenvalue weighted by molar-refractivity contribution is 0.453. The fourth-order valence-corrected chi connectivity index (χ4v) is 4.07. The number of hydrogen-bond donors (Lipinski definition) is 1. The van der Waals surface area contributed by atoms with E-state index in [9.17, 15) is 8.42 Å². The number of thiophene rings is 1. The van der Waals surface area contributed by atoms with Gasteiger partial charge in [-0.05, 0) is 13.0 Å². The van der Waals surface area contributed by atoms with Crippen molar-refractivity contribution in [2.45, 2.75) is 25.3 Å². The summed E-state index contributed by atoms with van der Waals surface area (Å²) in [5, 5.41) is 1.64. The Kier molecular flexibility index (Phi) is 4.88. The molecule has 0 aromatic carbocycles. The van der Waals surface area contributed by atoms with Gasteiger partial charge >= 0.3 is 0 Å². The first-order valence-electron chi connectivity index (χ1n) is 5.33. The zero-order valence-electron chi connectivity index (χ0n) is 10.1. The van der Waals surface area contributed by atoms with Crippen LogP contribution < -0.4 is 5.73 Å². The number of rotatable bonds is 6. The van der Waals surface area contributed by atoms with Crippen LogP contribution in [0.1, 0.15) is 18.7 Å². The molecule has 1 aromatic rings. The predicted molar refractivity (Wildman–Crippen MR) is 71.5 cm³/mol. The maximum Gasteiger partial charge on any atom is 0.244 e. The quantitative estimate of drug-likeness (QED) is 0.804. The highest BCUT2D eigenvalue weighted by Gasteiger charge is 2.23. The van der Waals surface area contributed by atoms with E-state index < -0.39 is 10.0 Å². The fourth-order valence-electron chi connectivity index (χ4n) is 1.42. The van der Waals surface area contributed by atoms with Crippen LogP contribution in [0, 0.1) is 0 Å². The molecule has 0 bridgehead atoms. The Bertz CT molecular complexity index is 491. The Balaban J connectivity index is 3.03. The van der Waals surface area contributed by atoms with Gasteiger partial charge in [-0.3, -0.25) is 0 Å². The molecule has 1 aromatic heterocycles. The van der Waals surface area contributed by atoms with Crippen LogP contribution in [0.4, 0.5) is 0 Å². The second kappa shape index (κ2) is 5.77. The zero-order chi connectivity index (χ0) is 13.1. The molecule has 6 heteroatoms. The Labute approximate surface area is 107 Å². The number of nitrogens with zero attached hydrogens (tertiary/aromatic N) is 1. The van der Waals surface area contributed by atoms with E-state index in [1.165, 1.54) is 15.6 Å². The molecule has 0 saturated heterocycles. The van der Waals surface area contributed by atoms with Crippen LogP contribution in [-0.4, -0.2) is 25.8 Å². The molecular weight excluding hydrogens is 256 g/mol. The van der Waals surface area contributed by atoms with Crippen LogP contribution in [0.2, 0.25) is 0 Å². The highest BCUT2D eigenvalue weighted by molar-refractivity contribution is 7.89. The van der Waals surface area contributed by atoms with E-state index in [4.69, 9.17) is 5.73 Å². The van der Waals surface area contributed by atoms with Crippen molar-refractivity contribution in [2.24, 2.45) is 5.73 Å². The van der Waals surface area contributed by atoms with Crippen molar-refractivity contribution in [2.75, 3.05) is 13.1 Å². The highest BCUT2D eigenvalue weighted by atomic mass is 32.2. The van der Waals surface area contributed by atoms with Crippen molar-refractivity contribution >= 4 is 21.4 Å². The Morgan fingerprint density at radius 2 is 2.24 bits per heavy atom. The first kappa shape index (κ1) is 14.4. The monoisotopic (exact) mass is 274 g/mol. The van der Waals surface area contributed by atoms with E-state index in [1.54, 1.807) is 11.4 Å². The van der Waals surface area contributed by atoms with Crippen LogP contribution in [0.15, 0.2) is 28.5 Å². The fraction of sp³-hybridized carbons (Fsp3) is 0.455. The molecule has 2 N–H and O–H groups in total. The van der Waals surface area contributed by atoms with Gasteiger partial charge in [-0.15, -0.1) is 11.3 Å². The van der Waals surface area contributed by atoms with Gasteiger partial charge in [-0.25, -0.2) is 8.42 Å². The average Bonchev–Trinajstić information content (AvgIpc) is 2.74. The third kappa shape index (κ3) is 3.38. The van der Waals surface area contributed by atoms with E-state index in [1.807, 2.05) is 13.8 Å². The molecule has 1 rings (SSSR count). The highest BCUT2D eigenvalue weighted by Crippen LogP contribution is 2.22.